The van der Waals surface area contributed by atoms with Crippen LogP contribution in [0, 0.1) is 0 Å². The van der Waals surface area contributed by atoms with Crippen molar-refractivity contribution in [3.05, 3.63) is 96.1 Å². The Hall–Kier alpha value is -7.09. The molecule has 76 heavy (non-hydrogen) atoms. The molecule has 2 aromatic carbocycles. The number of nitrogens with zero attached hydrogens (tertiary/aromatic N) is 7. The van der Waals surface area contributed by atoms with E-state index >= 15 is 0 Å². The molecule has 0 saturated carbocycles. The molecule has 414 valence electrons. The van der Waals surface area contributed by atoms with E-state index in [2.05, 4.69) is 39.6 Å². The lowest BCUT2D eigenvalue weighted by Gasteiger charge is -2.27. The van der Waals surface area contributed by atoms with Crippen molar-refractivity contribution in [1.82, 2.24) is 39.1 Å². The second kappa shape index (κ2) is 26.1. The number of alkyl carbamates (subject to hydrolysis) is 1. The fourth-order valence-corrected chi connectivity index (χ4v) is 8.44. The average molecular weight is 1060 g/mol. The Balaban J connectivity index is 1.29. The second-order valence-corrected chi connectivity index (χ2v) is 22.8. The summed E-state index contributed by atoms with van der Waals surface area (Å²) in [6, 6.07) is 16.3. The van der Waals surface area contributed by atoms with Crippen molar-refractivity contribution in [3.8, 4) is 11.1 Å². The molecule has 1 N–H and O–H groups in total. The van der Waals surface area contributed by atoms with Gasteiger partial charge in [0.25, 0.3) is 0 Å². The molecule has 1 aliphatic rings. The Kier molecular flexibility index (Phi) is 20.5. The van der Waals surface area contributed by atoms with Crippen LogP contribution in [0.5, 0.6) is 0 Å². The number of esters is 4. The quantitative estimate of drug-likeness (QED) is 0.0432. The van der Waals surface area contributed by atoms with E-state index in [1.807, 2.05) is 29.2 Å². The Labute approximate surface area is 446 Å². The number of fused-ring (bicyclic) bond motifs is 3. The number of amides is 3. The molecule has 0 spiro atoms. The molecule has 0 atom stereocenters. The van der Waals surface area contributed by atoms with Crippen molar-refractivity contribution in [3.63, 3.8) is 0 Å². The normalized spacial score (nSPS) is 12.6. The standard InChI is InChI=1S/C56H78N8O12/c1-53(2,3)73-48(67)34-63(35-49(68)74-54(4,5)6)46(65)32-61-28-25-57-44(61)30-60(27-19-13-18-24-59-52(71)72-38-43-41-22-16-14-20-39(41)40-21-15-17-23-42(40)43)31-45-58-26-29-62(45)33-47(66)64(36-50(69)75-55(7,8)9)37-51(70)76-56(10,11)12/h14-17,20-23,25-26,28-29,43H,13,18-19,24,27,30-38H2,1-12H3,(H,59,71). The van der Waals surface area contributed by atoms with Gasteiger partial charge in [-0.3, -0.25) is 33.7 Å². The first-order valence-electron chi connectivity index (χ1n) is 25.8. The number of aromatic nitrogens is 4. The van der Waals surface area contributed by atoms with E-state index in [4.69, 9.17) is 23.7 Å². The summed E-state index contributed by atoms with van der Waals surface area (Å²) >= 11 is 0. The minimum atomic E-state index is -0.834. The Bertz CT molecular complexity index is 2430. The lowest BCUT2D eigenvalue weighted by atomic mass is 9.98. The Morgan fingerprint density at radius 3 is 1.30 bits per heavy atom. The molecule has 5 rings (SSSR count). The first kappa shape index (κ1) is 59.8. The predicted molar refractivity (Wildman–Crippen MR) is 282 cm³/mol. The summed E-state index contributed by atoms with van der Waals surface area (Å²) in [6.07, 6.45) is 7.85. The molecule has 4 aromatic rings. The molecule has 20 nitrogen and oxygen atoms in total. The van der Waals surface area contributed by atoms with E-state index in [1.54, 1.807) is 117 Å². The van der Waals surface area contributed by atoms with E-state index in [0.29, 0.717) is 44.0 Å². The van der Waals surface area contributed by atoms with Gasteiger partial charge in [-0.15, -0.1) is 0 Å². The number of imidazole rings is 2. The van der Waals surface area contributed by atoms with Gasteiger partial charge in [0.2, 0.25) is 11.8 Å². The number of carbonyl (C=O) groups is 7. The average Bonchev–Trinajstić information content (AvgIpc) is 4.00. The summed E-state index contributed by atoms with van der Waals surface area (Å²) in [5, 5.41) is 2.89. The number of rotatable bonds is 24. The van der Waals surface area contributed by atoms with Gasteiger partial charge in [-0.25, -0.2) is 14.8 Å². The van der Waals surface area contributed by atoms with Gasteiger partial charge < -0.3 is 47.9 Å². The molecule has 3 amide bonds. The first-order chi connectivity index (χ1) is 35.5. The Morgan fingerprint density at radius 2 is 0.921 bits per heavy atom. The van der Waals surface area contributed by atoms with Crippen molar-refractivity contribution in [1.29, 1.82) is 0 Å². The van der Waals surface area contributed by atoms with Crippen LogP contribution < -0.4 is 5.32 Å². The monoisotopic (exact) mass is 1050 g/mol. The molecule has 0 radical (unpaired) electrons. The molecule has 0 aliphatic heterocycles. The molecule has 2 aromatic heterocycles. The van der Waals surface area contributed by atoms with Gasteiger partial charge >= 0.3 is 30.0 Å². The molecule has 0 fully saturated rings. The third-order valence-electron chi connectivity index (χ3n) is 11.4. The SMILES string of the molecule is CC(C)(C)OC(=O)CN(CC(=O)OC(C)(C)C)C(=O)Cn1ccnc1CN(CCCCCNC(=O)OCC1c2ccccc2-c2ccccc21)Cc1nccn1CC(=O)N(CC(=O)OC(C)(C)C)CC(=O)OC(C)(C)C. The van der Waals surface area contributed by atoms with Crippen molar-refractivity contribution < 1.29 is 57.2 Å². The lowest BCUT2D eigenvalue weighted by molar-refractivity contribution is -0.165. The highest BCUT2D eigenvalue weighted by atomic mass is 16.6. The summed E-state index contributed by atoms with van der Waals surface area (Å²) in [6.45, 7) is 19.4. The maximum Gasteiger partial charge on any atom is 0.407 e. The molecule has 0 saturated heterocycles. The zero-order chi connectivity index (χ0) is 56.0. The summed E-state index contributed by atoms with van der Waals surface area (Å²) in [5.41, 5.74) is 1.20. The van der Waals surface area contributed by atoms with Crippen LogP contribution in [0.2, 0.25) is 0 Å². The van der Waals surface area contributed by atoms with E-state index in [1.165, 1.54) is 0 Å². The number of ether oxygens (including phenoxy) is 5. The largest absolute Gasteiger partial charge is 0.459 e. The number of hydrogen-bond donors (Lipinski definition) is 1. The van der Waals surface area contributed by atoms with Gasteiger partial charge in [-0.05, 0) is 125 Å². The highest BCUT2D eigenvalue weighted by Gasteiger charge is 2.31. The van der Waals surface area contributed by atoms with E-state index in [-0.39, 0.29) is 38.7 Å². The first-order valence-corrected chi connectivity index (χ1v) is 25.8. The molecule has 0 unspecified atom stereocenters. The summed E-state index contributed by atoms with van der Waals surface area (Å²) in [4.78, 5) is 106. The van der Waals surface area contributed by atoms with Crippen LogP contribution in [0.3, 0.4) is 0 Å². The van der Waals surface area contributed by atoms with Crippen LogP contribution in [-0.2, 0) is 78.6 Å². The van der Waals surface area contributed by atoms with Gasteiger partial charge in [-0.2, -0.15) is 0 Å². The topological polar surface area (TPSA) is 223 Å². The molecule has 1 aliphatic carbocycles. The highest BCUT2D eigenvalue weighted by Crippen LogP contribution is 2.44. The zero-order valence-corrected chi connectivity index (χ0v) is 46.4. The summed E-state index contributed by atoms with van der Waals surface area (Å²) in [7, 11) is 0. The third-order valence-corrected chi connectivity index (χ3v) is 11.4. The smallest absolute Gasteiger partial charge is 0.407 e. The molecule has 0 bridgehead atoms. The zero-order valence-electron chi connectivity index (χ0n) is 46.4. The van der Waals surface area contributed by atoms with Crippen LogP contribution in [0.25, 0.3) is 11.1 Å². The minimum Gasteiger partial charge on any atom is -0.459 e. The van der Waals surface area contributed by atoms with Gasteiger partial charge in [-0.1, -0.05) is 55.0 Å². The Morgan fingerprint density at radius 1 is 0.539 bits per heavy atom. The van der Waals surface area contributed by atoms with Gasteiger partial charge in [0.1, 0.15) is 79.9 Å². The number of hydrogen-bond acceptors (Lipinski definition) is 15. The predicted octanol–water partition coefficient (Wildman–Crippen LogP) is 6.81. The van der Waals surface area contributed by atoms with Crippen LogP contribution in [0.4, 0.5) is 4.79 Å². The van der Waals surface area contributed by atoms with E-state index in [9.17, 15) is 33.6 Å². The highest BCUT2D eigenvalue weighted by molar-refractivity contribution is 5.87. The molecule has 2 heterocycles. The third kappa shape index (κ3) is 19.9. The minimum absolute atomic E-state index is 0.0617. The van der Waals surface area contributed by atoms with Crippen molar-refractivity contribution in [2.75, 3.05) is 45.9 Å². The van der Waals surface area contributed by atoms with E-state index < -0.39 is 90.4 Å². The fourth-order valence-electron chi connectivity index (χ4n) is 8.44. The van der Waals surface area contributed by atoms with Crippen molar-refractivity contribution in [2.24, 2.45) is 0 Å². The van der Waals surface area contributed by atoms with Crippen LogP contribution in [0.1, 0.15) is 131 Å². The van der Waals surface area contributed by atoms with Crippen LogP contribution >= 0.6 is 0 Å². The van der Waals surface area contributed by atoms with Crippen molar-refractivity contribution >= 4 is 41.8 Å². The van der Waals surface area contributed by atoms with Crippen molar-refractivity contribution in [2.45, 2.75) is 157 Å². The maximum absolute atomic E-state index is 14.0. The number of benzene rings is 2. The second-order valence-electron chi connectivity index (χ2n) is 22.8. The van der Waals surface area contributed by atoms with Gasteiger partial charge in [0.15, 0.2) is 0 Å². The number of nitrogens with one attached hydrogen (secondary N) is 1. The van der Waals surface area contributed by atoms with Gasteiger partial charge in [0, 0.05) is 37.3 Å². The molecular formula is C56H78N8O12. The maximum atomic E-state index is 14.0. The van der Waals surface area contributed by atoms with Gasteiger partial charge in [0.05, 0.1) is 13.1 Å². The fraction of sp³-hybridized carbons (Fsp3) is 0.554. The number of carbonyl (C=O) groups excluding carboxylic acids is 7. The summed E-state index contributed by atoms with van der Waals surface area (Å²) < 4.78 is 31.0. The van der Waals surface area contributed by atoms with Crippen LogP contribution in [0.15, 0.2) is 73.3 Å². The number of unbranched alkanes of at least 4 members (excludes halogenated alkanes) is 2. The lowest BCUT2D eigenvalue weighted by Crippen LogP contribution is -2.44. The molecular weight excluding hydrogens is 977 g/mol. The molecule has 20 heteroatoms. The van der Waals surface area contributed by atoms with E-state index in [0.717, 1.165) is 32.1 Å². The summed E-state index contributed by atoms with van der Waals surface area (Å²) in [5.74, 6) is -2.98. The van der Waals surface area contributed by atoms with Crippen LogP contribution in [-0.4, -0.2) is 144 Å².